The van der Waals surface area contributed by atoms with Crippen LogP contribution in [0.3, 0.4) is 0 Å². The first-order chi connectivity index (χ1) is 12.0. The van der Waals surface area contributed by atoms with Crippen LogP contribution in [0.25, 0.3) is 0 Å². The van der Waals surface area contributed by atoms with E-state index < -0.39 is 5.82 Å². The Bertz CT molecular complexity index is 608. The lowest BCUT2D eigenvalue weighted by molar-refractivity contribution is -0.125. The Morgan fingerprint density at radius 1 is 1.35 bits per heavy atom. The molecule has 1 saturated carbocycles. The summed E-state index contributed by atoms with van der Waals surface area (Å²) >= 11 is 5.71. The summed E-state index contributed by atoms with van der Waals surface area (Å²) in [4.78, 5) is 12.3. The van der Waals surface area contributed by atoms with Crippen LogP contribution in [0.5, 0.6) is 5.75 Å². The number of hydrogen-bond donors (Lipinski definition) is 3. The van der Waals surface area contributed by atoms with Crippen molar-refractivity contribution in [3.05, 3.63) is 29.0 Å². The number of rotatable bonds is 6. The van der Waals surface area contributed by atoms with Gasteiger partial charge in [-0.15, -0.1) is 12.4 Å². The molecule has 3 rings (SSSR count). The molecule has 2 fully saturated rings. The molecule has 26 heavy (non-hydrogen) atoms. The van der Waals surface area contributed by atoms with Crippen molar-refractivity contribution in [3.63, 3.8) is 0 Å². The predicted octanol–water partition coefficient (Wildman–Crippen LogP) is 2.54. The van der Waals surface area contributed by atoms with E-state index in [2.05, 4.69) is 10.6 Å². The van der Waals surface area contributed by atoms with E-state index in [0.717, 1.165) is 38.8 Å². The number of piperidine rings is 1. The molecule has 2 aliphatic rings. The zero-order chi connectivity index (χ0) is 17.8. The summed E-state index contributed by atoms with van der Waals surface area (Å²) < 4.78 is 18.6. The van der Waals surface area contributed by atoms with Crippen molar-refractivity contribution in [1.29, 1.82) is 0 Å². The first-order valence-corrected chi connectivity index (χ1v) is 9.16. The largest absolute Gasteiger partial charge is 0.484 e. The Hall–Kier alpha value is -1.08. The van der Waals surface area contributed by atoms with Gasteiger partial charge in [-0.3, -0.25) is 4.79 Å². The maximum absolute atomic E-state index is 13.1. The van der Waals surface area contributed by atoms with Gasteiger partial charge in [0.2, 0.25) is 0 Å². The monoisotopic (exact) mass is 406 g/mol. The van der Waals surface area contributed by atoms with Gasteiger partial charge in [-0.05, 0) is 62.7 Å². The minimum Gasteiger partial charge on any atom is -0.484 e. The summed E-state index contributed by atoms with van der Waals surface area (Å²) in [5, 5.41) is 16.0. The van der Waals surface area contributed by atoms with E-state index in [0.29, 0.717) is 17.6 Å². The van der Waals surface area contributed by atoms with Crippen molar-refractivity contribution in [2.75, 3.05) is 19.7 Å². The number of nitrogens with one attached hydrogen (secondary N) is 2. The second kappa shape index (κ2) is 9.74. The molecule has 0 radical (unpaired) electrons. The number of amides is 1. The smallest absolute Gasteiger partial charge is 0.258 e. The van der Waals surface area contributed by atoms with E-state index in [1.807, 2.05) is 0 Å². The van der Waals surface area contributed by atoms with E-state index in [-0.39, 0.29) is 42.1 Å². The Balaban J connectivity index is 0.00000243. The number of carbonyl (C=O) groups excluding carboxylic acids is 1. The number of benzene rings is 1. The van der Waals surface area contributed by atoms with Gasteiger partial charge in [0.25, 0.3) is 5.91 Å². The Labute approximate surface area is 164 Å². The van der Waals surface area contributed by atoms with Crippen molar-refractivity contribution >= 4 is 29.9 Å². The Kier molecular flexibility index (Phi) is 7.95. The number of ether oxygens (including phenoxy) is 1. The van der Waals surface area contributed by atoms with Gasteiger partial charge in [-0.2, -0.15) is 0 Å². The number of carbonyl (C=O) groups is 1. The normalized spacial score (nSPS) is 24.1. The zero-order valence-electron chi connectivity index (χ0n) is 14.4. The van der Waals surface area contributed by atoms with E-state index in [1.165, 1.54) is 18.2 Å². The molecule has 0 spiro atoms. The first-order valence-electron chi connectivity index (χ1n) is 8.79. The fourth-order valence-electron chi connectivity index (χ4n) is 3.69. The molecule has 8 heteroatoms. The average molecular weight is 407 g/mol. The van der Waals surface area contributed by atoms with Crippen LogP contribution in [-0.2, 0) is 4.79 Å². The second-order valence-corrected chi connectivity index (χ2v) is 7.34. The summed E-state index contributed by atoms with van der Waals surface area (Å²) in [5.41, 5.74) is 0. The lowest BCUT2D eigenvalue weighted by Gasteiger charge is -2.43. The third-order valence-electron chi connectivity index (χ3n) is 5.14. The number of hydrogen-bond acceptors (Lipinski definition) is 4. The van der Waals surface area contributed by atoms with Gasteiger partial charge in [0.15, 0.2) is 6.61 Å². The second-order valence-electron chi connectivity index (χ2n) is 6.93. The quantitative estimate of drug-likeness (QED) is 0.678. The number of aliphatic hydroxyl groups is 1. The van der Waals surface area contributed by atoms with E-state index >= 15 is 0 Å². The van der Waals surface area contributed by atoms with Crippen LogP contribution in [0.2, 0.25) is 5.02 Å². The minimum atomic E-state index is -0.520. The van der Waals surface area contributed by atoms with Gasteiger partial charge < -0.3 is 20.5 Å². The maximum atomic E-state index is 13.1. The van der Waals surface area contributed by atoms with Crippen LogP contribution in [0.4, 0.5) is 4.39 Å². The predicted molar refractivity (Wildman–Crippen MR) is 100 cm³/mol. The topological polar surface area (TPSA) is 70.6 Å². The minimum absolute atomic E-state index is 0. The molecule has 1 aromatic carbocycles. The van der Waals surface area contributed by atoms with Crippen molar-refractivity contribution in [3.8, 4) is 5.75 Å². The Morgan fingerprint density at radius 2 is 2.04 bits per heavy atom. The molecule has 1 heterocycles. The van der Waals surface area contributed by atoms with Gasteiger partial charge in [0.05, 0.1) is 11.1 Å². The Morgan fingerprint density at radius 3 is 2.65 bits per heavy atom. The fraction of sp³-hybridized carbons (Fsp3) is 0.611. The van der Waals surface area contributed by atoms with Gasteiger partial charge in [-0.1, -0.05) is 11.6 Å². The SMILES string of the molecule is Cl.O=C(COc1ccc(F)c(Cl)c1)NC(C1CCNCC1)C1CC(O)C1. The van der Waals surface area contributed by atoms with Gasteiger partial charge in [0, 0.05) is 12.1 Å². The highest BCUT2D eigenvalue weighted by atomic mass is 35.5. The van der Waals surface area contributed by atoms with Crippen LogP contribution in [0.15, 0.2) is 18.2 Å². The van der Waals surface area contributed by atoms with Crippen LogP contribution in [-0.4, -0.2) is 42.9 Å². The standard InChI is InChI=1S/C18H24ClFN2O3.ClH/c19-15-9-14(1-2-16(15)20)25-10-17(24)22-18(12-7-13(23)8-12)11-3-5-21-6-4-11;/h1-2,9,11-13,18,21,23H,3-8,10H2,(H,22,24);1H. The third-order valence-corrected chi connectivity index (χ3v) is 5.43. The third kappa shape index (κ3) is 5.46. The van der Waals surface area contributed by atoms with Gasteiger partial charge >= 0.3 is 0 Å². The van der Waals surface area contributed by atoms with Gasteiger partial charge in [0.1, 0.15) is 11.6 Å². The molecule has 5 nitrogen and oxygen atoms in total. The van der Waals surface area contributed by atoms with Crippen molar-refractivity contribution in [2.45, 2.75) is 37.8 Å². The molecule has 1 amide bonds. The summed E-state index contributed by atoms with van der Waals surface area (Å²) in [5.74, 6) is 0.377. The summed E-state index contributed by atoms with van der Waals surface area (Å²) in [6, 6.07) is 4.08. The van der Waals surface area contributed by atoms with E-state index in [1.54, 1.807) is 0 Å². The molecule has 0 aromatic heterocycles. The van der Waals surface area contributed by atoms with Gasteiger partial charge in [-0.25, -0.2) is 4.39 Å². The fourth-order valence-corrected chi connectivity index (χ4v) is 3.86. The average Bonchev–Trinajstić information content (AvgIpc) is 2.59. The van der Waals surface area contributed by atoms with Crippen molar-refractivity contribution in [2.24, 2.45) is 11.8 Å². The lowest BCUT2D eigenvalue weighted by Crippen LogP contribution is -2.53. The summed E-state index contributed by atoms with van der Waals surface area (Å²) in [6.07, 6.45) is 3.27. The first kappa shape index (κ1) is 21.2. The van der Waals surface area contributed by atoms with Crippen molar-refractivity contribution < 1.29 is 19.0 Å². The molecule has 3 N–H and O–H groups in total. The molecule has 0 bridgehead atoms. The highest BCUT2D eigenvalue weighted by molar-refractivity contribution is 6.30. The molecule has 146 valence electrons. The van der Waals surface area contributed by atoms with Crippen LogP contribution in [0, 0.1) is 17.7 Å². The zero-order valence-corrected chi connectivity index (χ0v) is 16.0. The highest BCUT2D eigenvalue weighted by Crippen LogP contribution is 2.35. The van der Waals surface area contributed by atoms with E-state index in [4.69, 9.17) is 16.3 Å². The lowest BCUT2D eigenvalue weighted by atomic mass is 9.71. The summed E-state index contributed by atoms with van der Waals surface area (Å²) in [6.45, 7) is 1.77. The molecule has 1 atom stereocenters. The molecule has 1 aliphatic carbocycles. The molecule has 1 aliphatic heterocycles. The molecular weight excluding hydrogens is 382 g/mol. The molecule has 1 saturated heterocycles. The van der Waals surface area contributed by atoms with E-state index in [9.17, 15) is 14.3 Å². The molecule has 1 aromatic rings. The van der Waals surface area contributed by atoms with Crippen LogP contribution < -0.4 is 15.4 Å². The summed E-state index contributed by atoms with van der Waals surface area (Å²) in [7, 11) is 0. The van der Waals surface area contributed by atoms with Crippen LogP contribution in [0.1, 0.15) is 25.7 Å². The number of aliphatic hydroxyl groups excluding tert-OH is 1. The highest BCUT2D eigenvalue weighted by Gasteiger charge is 2.39. The number of halogens is 3. The molecular formula is C18H25Cl2FN2O3. The maximum Gasteiger partial charge on any atom is 0.258 e. The van der Waals surface area contributed by atoms with Crippen molar-refractivity contribution in [1.82, 2.24) is 10.6 Å². The molecule has 1 unspecified atom stereocenters. The van der Waals surface area contributed by atoms with Crippen LogP contribution >= 0.6 is 24.0 Å².